The van der Waals surface area contributed by atoms with E-state index in [0.717, 1.165) is 0 Å². The lowest BCUT2D eigenvalue weighted by molar-refractivity contribution is 0.598. The Morgan fingerprint density at radius 1 is 0.944 bits per heavy atom. The summed E-state index contributed by atoms with van der Waals surface area (Å²) in [6.07, 6.45) is 1.30. The molecule has 0 spiro atoms. The van der Waals surface area contributed by atoms with Crippen molar-refractivity contribution in [1.82, 2.24) is 0 Å². The van der Waals surface area contributed by atoms with Crippen molar-refractivity contribution in [3.8, 4) is 0 Å². The summed E-state index contributed by atoms with van der Waals surface area (Å²) >= 11 is 5.73. The predicted octanol–water partition coefficient (Wildman–Crippen LogP) is 3.15. The van der Waals surface area contributed by atoms with Crippen molar-refractivity contribution in [2.45, 2.75) is 4.90 Å². The zero-order valence-corrected chi connectivity index (χ0v) is 10.9. The van der Waals surface area contributed by atoms with E-state index >= 15 is 0 Å². The van der Waals surface area contributed by atoms with Crippen LogP contribution >= 0.6 is 11.6 Å². The number of rotatable bonds is 3. The average molecular weight is 280 g/mol. The van der Waals surface area contributed by atoms with Crippen molar-refractivity contribution in [1.29, 1.82) is 0 Å². The summed E-state index contributed by atoms with van der Waals surface area (Å²) in [6.45, 7) is 0. The van der Waals surface area contributed by atoms with Gasteiger partial charge in [-0.15, -0.1) is 0 Å². The van der Waals surface area contributed by atoms with Crippen LogP contribution in [0, 0.1) is 0 Å². The predicted molar refractivity (Wildman–Crippen MR) is 72.7 cm³/mol. The van der Waals surface area contributed by atoms with Gasteiger partial charge in [0.15, 0.2) is 0 Å². The maximum absolute atomic E-state index is 11.8. The first kappa shape index (κ1) is 12.8. The molecule has 0 radical (unpaired) electrons. The number of benzene rings is 2. The van der Waals surface area contributed by atoms with Gasteiger partial charge < -0.3 is 0 Å². The fraction of sp³-hybridized carbons (Fsp3) is 0. The second-order valence-corrected chi connectivity index (χ2v) is 5.64. The number of halogens is 1. The van der Waals surface area contributed by atoms with Crippen molar-refractivity contribution in [3.63, 3.8) is 0 Å². The molecule has 0 aromatic heterocycles. The van der Waals surface area contributed by atoms with Crippen LogP contribution in [0.4, 0.5) is 0 Å². The molecule has 0 amide bonds. The summed E-state index contributed by atoms with van der Waals surface area (Å²) in [7, 11) is -3.63. The van der Waals surface area contributed by atoms with Crippen LogP contribution in [-0.2, 0) is 10.0 Å². The smallest absolute Gasteiger partial charge is 0.199 e. The minimum atomic E-state index is -3.63. The van der Waals surface area contributed by atoms with Crippen LogP contribution in [0.1, 0.15) is 5.56 Å². The van der Waals surface area contributed by atoms with Crippen molar-refractivity contribution in [2.75, 3.05) is 0 Å². The zero-order chi connectivity index (χ0) is 13.0. The Morgan fingerprint density at radius 2 is 1.56 bits per heavy atom. The van der Waals surface area contributed by atoms with Gasteiger partial charge in [0, 0.05) is 11.2 Å². The maximum Gasteiger partial charge on any atom is 0.282 e. The monoisotopic (exact) mass is 279 g/mol. The van der Waals surface area contributed by atoms with Crippen LogP contribution in [0.2, 0.25) is 5.02 Å². The van der Waals surface area contributed by atoms with Crippen molar-refractivity contribution < 1.29 is 8.42 Å². The molecule has 0 bridgehead atoms. The molecular weight excluding hydrogens is 270 g/mol. The molecule has 0 N–H and O–H groups in total. The number of hydrogen-bond donors (Lipinski definition) is 0. The third kappa shape index (κ3) is 3.18. The first-order valence-corrected chi connectivity index (χ1v) is 7.01. The summed E-state index contributed by atoms with van der Waals surface area (Å²) in [4.78, 5) is 0.176. The van der Waals surface area contributed by atoms with Crippen molar-refractivity contribution in [2.24, 2.45) is 4.40 Å². The Morgan fingerprint density at radius 3 is 2.17 bits per heavy atom. The molecule has 0 saturated heterocycles. The maximum atomic E-state index is 11.8. The van der Waals surface area contributed by atoms with Gasteiger partial charge in [-0.05, 0) is 29.8 Å². The third-order valence-corrected chi connectivity index (χ3v) is 3.75. The quantitative estimate of drug-likeness (QED) is 0.810. The summed E-state index contributed by atoms with van der Waals surface area (Å²) in [5.74, 6) is 0. The summed E-state index contributed by atoms with van der Waals surface area (Å²) in [6, 6.07) is 14.8. The van der Waals surface area contributed by atoms with Gasteiger partial charge in [0.05, 0.1) is 4.90 Å². The van der Waals surface area contributed by atoms with Crippen LogP contribution < -0.4 is 0 Å². The number of hydrogen-bond acceptors (Lipinski definition) is 2. The van der Waals surface area contributed by atoms with Crippen LogP contribution in [-0.4, -0.2) is 14.6 Å². The molecule has 0 aliphatic heterocycles. The molecule has 18 heavy (non-hydrogen) atoms. The Bertz CT molecular complexity index is 649. The largest absolute Gasteiger partial charge is 0.282 e. The minimum absolute atomic E-state index is 0.176. The highest BCUT2D eigenvalue weighted by Crippen LogP contribution is 2.12. The first-order chi connectivity index (χ1) is 8.58. The van der Waals surface area contributed by atoms with Gasteiger partial charge in [0.25, 0.3) is 10.0 Å². The van der Waals surface area contributed by atoms with E-state index in [1.54, 1.807) is 42.5 Å². The molecule has 2 aromatic carbocycles. The van der Waals surface area contributed by atoms with Crippen molar-refractivity contribution >= 4 is 27.8 Å². The fourth-order valence-electron chi connectivity index (χ4n) is 1.33. The van der Waals surface area contributed by atoms with Gasteiger partial charge in [0.1, 0.15) is 0 Å². The zero-order valence-electron chi connectivity index (χ0n) is 9.32. The minimum Gasteiger partial charge on any atom is -0.199 e. The van der Waals surface area contributed by atoms with E-state index in [9.17, 15) is 8.42 Å². The number of sulfonamides is 1. The second-order valence-electron chi connectivity index (χ2n) is 3.57. The average Bonchev–Trinajstić information content (AvgIpc) is 2.39. The van der Waals surface area contributed by atoms with E-state index in [0.29, 0.717) is 10.6 Å². The topological polar surface area (TPSA) is 46.5 Å². The van der Waals surface area contributed by atoms with Gasteiger partial charge in [-0.3, -0.25) is 0 Å². The number of nitrogens with zero attached hydrogens (tertiary/aromatic N) is 1. The molecular formula is C13H10ClNO2S. The van der Waals surface area contributed by atoms with E-state index in [2.05, 4.69) is 4.40 Å². The molecule has 0 aliphatic carbocycles. The molecule has 92 valence electrons. The summed E-state index contributed by atoms with van der Waals surface area (Å²) < 4.78 is 27.3. The van der Waals surface area contributed by atoms with Crippen LogP contribution in [0.5, 0.6) is 0 Å². The molecule has 0 aliphatic rings. The highest BCUT2D eigenvalue weighted by Gasteiger charge is 2.09. The van der Waals surface area contributed by atoms with E-state index in [1.165, 1.54) is 18.3 Å². The van der Waals surface area contributed by atoms with Gasteiger partial charge >= 0.3 is 0 Å². The molecule has 0 unspecified atom stereocenters. The summed E-state index contributed by atoms with van der Waals surface area (Å²) in [5, 5.41) is 0.595. The summed E-state index contributed by atoms with van der Waals surface area (Å²) in [5.41, 5.74) is 0.680. The third-order valence-electron chi connectivity index (χ3n) is 2.25. The molecule has 0 heterocycles. The molecule has 5 heteroatoms. The highest BCUT2D eigenvalue weighted by atomic mass is 35.5. The van der Waals surface area contributed by atoms with Gasteiger partial charge in [-0.1, -0.05) is 41.9 Å². The molecule has 2 rings (SSSR count). The Labute approximate surface area is 111 Å². The lowest BCUT2D eigenvalue weighted by Gasteiger charge is -1.97. The molecule has 2 aromatic rings. The Kier molecular flexibility index (Phi) is 3.79. The van der Waals surface area contributed by atoms with E-state index in [4.69, 9.17) is 11.6 Å². The van der Waals surface area contributed by atoms with E-state index < -0.39 is 10.0 Å². The van der Waals surface area contributed by atoms with Gasteiger partial charge in [0.2, 0.25) is 0 Å². The lowest BCUT2D eigenvalue weighted by atomic mass is 10.2. The molecule has 0 saturated carbocycles. The standard InChI is InChI=1S/C13H10ClNO2S/c14-12-8-6-11(7-9-12)10-15-18(16,17)13-4-2-1-3-5-13/h1-10H/b15-10-. The van der Waals surface area contributed by atoms with Crippen LogP contribution in [0.3, 0.4) is 0 Å². The Hall–Kier alpha value is -1.65. The van der Waals surface area contributed by atoms with Crippen LogP contribution in [0.25, 0.3) is 0 Å². The van der Waals surface area contributed by atoms with Gasteiger partial charge in [-0.2, -0.15) is 12.8 Å². The molecule has 0 atom stereocenters. The SMILES string of the molecule is O=S(=O)(/N=C\c1ccc(Cl)cc1)c1ccccc1. The Balaban J connectivity index is 2.26. The van der Waals surface area contributed by atoms with Crippen molar-refractivity contribution in [3.05, 3.63) is 65.2 Å². The second kappa shape index (κ2) is 5.33. The highest BCUT2D eigenvalue weighted by molar-refractivity contribution is 7.90. The van der Waals surface area contributed by atoms with Gasteiger partial charge in [-0.25, -0.2) is 0 Å². The van der Waals surface area contributed by atoms with Crippen LogP contribution in [0.15, 0.2) is 63.9 Å². The normalized spacial score (nSPS) is 11.8. The molecule has 0 fully saturated rings. The van der Waals surface area contributed by atoms with E-state index in [-0.39, 0.29) is 4.90 Å². The fourth-order valence-corrected chi connectivity index (χ4v) is 2.34. The lowest BCUT2D eigenvalue weighted by Crippen LogP contribution is -1.97. The molecule has 3 nitrogen and oxygen atoms in total. The first-order valence-electron chi connectivity index (χ1n) is 5.19. The van der Waals surface area contributed by atoms with E-state index in [1.807, 2.05) is 0 Å².